The summed E-state index contributed by atoms with van der Waals surface area (Å²) in [6.45, 7) is 0. The number of benzene rings is 1. The molecule has 0 amide bonds. The molecule has 4 rings (SSSR count). The van der Waals surface area contributed by atoms with Crippen LogP contribution in [0, 0.1) is 11.3 Å². The number of hydrogen-bond acceptors (Lipinski definition) is 6. The minimum atomic E-state index is 0.268. The molecule has 0 saturated carbocycles. The molecule has 0 saturated heterocycles. The van der Waals surface area contributed by atoms with Crippen LogP contribution in [0.4, 0.5) is 5.82 Å². The molecule has 0 unspecified atom stereocenters. The monoisotopic (exact) mass is 290 g/mol. The van der Waals surface area contributed by atoms with Gasteiger partial charge in [-0.05, 0) is 12.1 Å². The molecule has 0 fully saturated rings. The van der Waals surface area contributed by atoms with Crippen LogP contribution in [0.25, 0.3) is 22.4 Å². The lowest BCUT2D eigenvalue weighted by atomic mass is 10.3. The normalized spacial score (nSPS) is 11.0. The maximum Gasteiger partial charge on any atom is 0.183 e. The summed E-state index contributed by atoms with van der Waals surface area (Å²) in [7, 11) is 0. The van der Waals surface area contributed by atoms with Gasteiger partial charge < -0.3 is 5.73 Å². The Hall–Kier alpha value is -3.47. The van der Waals surface area contributed by atoms with Gasteiger partial charge in [-0.15, -0.1) is 10.2 Å². The highest BCUT2D eigenvalue weighted by molar-refractivity contribution is 5.81. The second kappa shape index (κ2) is 4.53. The van der Waals surface area contributed by atoms with E-state index in [0.717, 1.165) is 16.6 Å². The topological polar surface area (TPSA) is 111 Å². The van der Waals surface area contributed by atoms with E-state index in [1.165, 1.54) is 0 Å². The number of nitrogen functional groups attached to an aromatic ring is 1. The molecule has 0 aliphatic carbocycles. The van der Waals surface area contributed by atoms with Crippen LogP contribution >= 0.6 is 0 Å². The van der Waals surface area contributed by atoms with Crippen molar-refractivity contribution in [3.8, 4) is 11.8 Å². The third kappa shape index (κ3) is 1.69. The van der Waals surface area contributed by atoms with Gasteiger partial charge in [0.2, 0.25) is 0 Å². The highest BCUT2D eigenvalue weighted by Crippen LogP contribution is 2.24. The van der Waals surface area contributed by atoms with Crippen molar-refractivity contribution in [2.45, 2.75) is 6.42 Å². The Bertz CT molecular complexity index is 1040. The quantitative estimate of drug-likeness (QED) is 0.592. The third-order valence-electron chi connectivity index (χ3n) is 3.37. The van der Waals surface area contributed by atoms with E-state index < -0.39 is 0 Å². The van der Waals surface area contributed by atoms with Gasteiger partial charge >= 0.3 is 0 Å². The molecule has 3 aromatic heterocycles. The average Bonchev–Trinajstić information content (AvgIpc) is 3.07. The first-order chi connectivity index (χ1) is 10.8. The molecule has 8 heteroatoms. The van der Waals surface area contributed by atoms with Crippen molar-refractivity contribution in [2.75, 3.05) is 5.73 Å². The summed E-state index contributed by atoms with van der Waals surface area (Å²) in [5.41, 5.74) is 9.54. The van der Waals surface area contributed by atoms with Crippen molar-refractivity contribution in [1.29, 1.82) is 5.26 Å². The first kappa shape index (κ1) is 12.3. The van der Waals surface area contributed by atoms with E-state index >= 15 is 0 Å². The molecule has 4 aromatic rings. The van der Waals surface area contributed by atoms with Crippen molar-refractivity contribution in [3.05, 3.63) is 42.2 Å². The summed E-state index contributed by atoms with van der Waals surface area (Å²) < 4.78 is 3.19. The summed E-state index contributed by atoms with van der Waals surface area (Å²) in [6.07, 6.45) is 3.65. The standard InChI is InChI=1S/C14H10N8/c15-6-5-9-7-17-14-12(13(16)19-21(14)8-9)22-11-4-2-1-3-10(11)18-20-22/h1-4,7-8H,5H2,(H2,16,19). The van der Waals surface area contributed by atoms with Crippen LogP contribution in [0.2, 0.25) is 0 Å². The molecule has 22 heavy (non-hydrogen) atoms. The number of nitriles is 1. The molecule has 0 bridgehead atoms. The Balaban J connectivity index is 1.99. The van der Waals surface area contributed by atoms with Gasteiger partial charge in [0.1, 0.15) is 5.52 Å². The number of para-hydroxylation sites is 1. The Morgan fingerprint density at radius 2 is 2.14 bits per heavy atom. The van der Waals surface area contributed by atoms with Crippen LogP contribution in [-0.2, 0) is 6.42 Å². The molecule has 2 N–H and O–H groups in total. The number of aromatic nitrogens is 6. The lowest BCUT2D eigenvalue weighted by Gasteiger charge is -2.01. The van der Waals surface area contributed by atoms with Gasteiger partial charge in [0.25, 0.3) is 0 Å². The van der Waals surface area contributed by atoms with Gasteiger partial charge in [0, 0.05) is 18.0 Å². The lowest BCUT2D eigenvalue weighted by molar-refractivity contribution is 0.828. The molecular formula is C14H10N8. The van der Waals surface area contributed by atoms with E-state index in [0.29, 0.717) is 17.2 Å². The molecule has 106 valence electrons. The highest BCUT2D eigenvalue weighted by Gasteiger charge is 2.17. The highest BCUT2D eigenvalue weighted by atomic mass is 15.5. The lowest BCUT2D eigenvalue weighted by Crippen LogP contribution is -2.01. The Kier molecular flexibility index (Phi) is 2.53. The first-order valence-corrected chi connectivity index (χ1v) is 6.58. The molecule has 8 nitrogen and oxygen atoms in total. The largest absolute Gasteiger partial charge is 0.380 e. The summed E-state index contributed by atoms with van der Waals surface area (Å²) >= 11 is 0. The van der Waals surface area contributed by atoms with E-state index in [1.54, 1.807) is 21.6 Å². The van der Waals surface area contributed by atoms with Gasteiger partial charge in [0.15, 0.2) is 17.2 Å². The average molecular weight is 290 g/mol. The number of fused-ring (bicyclic) bond motifs is 2. The zero-order valence-corrected chi connectivity index (χ0v) is 11.4. The maximum atomic E-state index is 8.77. The van der Waals surface area contributed by atoms with Gasteiger partial charge in [0.05, 0.1) is 18.0 Å². The van der Waals surface area contributed by atoms with Crippen molar-refractivity contribution in [3.63, 3.8) is 0 Å². The number of anilines is 1. The minimum absolute atomic E-state index is 0.268. The molecule has 3 heterocycles. The van der Waals surface area contributed by atoms with Crippen molar-refractivity contribution >= 4 is 22.5 Å². The fourth-order valence-electron chi connectivity index (χ4n) is 2.40. The van der Waals surface area contributed by atoms with Crippen molar-refractivity contribution in [1.82, 2.24) is 29.6 Å². The molecule has 1 aromatic carbocycles. The number of hydrogen-bond donors (Lipinski definition) is 1. The van der Waals surface area contributed by atoms with E-state index in [-0.39, 0.29) is 6.42 Å². The summed E-state index contributed by atoms with van der Waals surface area (Å²) in [5.74, 6) is 0.303. The molecule has 0 aliphatic heterocycles. The first-order valence-electron chi connectivity index (χ1n) is 6.58. The summed E-state index contributed by atoms with van der Waals surface area (Å²) in [5, 5.41) is 21.3. The van der Waals surface area contributed by atoms with E-state index in [9.17, 15) is 0 Å². The number of nitrogens with two attached hydrogens (primary N) is 1. The zero-order chi connectivity index (χ0) is 15.1. The fraction of sp³-hybridized carbons (Fsp3) is 0.0714. The van der Waals surface area contributed by atoms with Crippen molar-refractivity contribution in [2.24, 2.45) is 0 Å². The van der Waals surface area contributed by atoms with Crippen LogP contribution in [-0.4, -0.2) is 29.6 Å². The van der Waals surface area contributed by atoms with E-state index in [4.69, 9.17) is 11.0 Å². The zero-order valence-electron chi connectivity index (χ0n) is 11.4. The number of nitrogens with zero attached hydrogens (tertiary/aromatic N) is 7. The summed E-state index contributed by atoms with van der Waals surface area (Å²) in [6, 6.07) is 9.66. The predicted octanol–water partition coefficient (Wildman–Crippen LogP) is 1.11. The van der Waals surface area contributed by atoms with Crippen LogP contribution in [0.5, 0.6) is 0 Å². The molecule has 0 radical (unpaired) electrons. The van der Waals surface area contributed by atoms with Crippen LogP contribution in [0.1, 0.15) is 5.56 Å². The second-order valence-corrected chi connectivity index (χ2v) is 4.79. The van der Waals surface area contributed by atoms with Crippen molar-refractivity contribution < 1.29 is 0 Å². The van der Waals surface area contributed by atoms with E-state index in [1.807, 2.05) is 24.3 Å². The Morgan fingerprint density at radius 1 is 1.27 bits per heavy atom. The van der Waals surface area contributed by atoms with Crippen LogP contribution in [0.3, 0.4) is 0 Å². The van der Waals surface area contributed by atoms with Crippen LogP contribution in [0.15, 0.2) is 36.7 Å². The molecule has 0 aliphatic rings. The molecule has 0 atom stereocenters. The fourth-order valence-corrected chi connectivity index (χ4v) is 2.40. The minimum Gasteiger partial charge on any atom is -0.380 e. The number of rotatable bonds is 2. The third-order valence-corrected chi connectivity index (χ3v) is 3.37. The molecule has 0 spiro atoms. The predicted molar refractivity (Wildman–Crippen MR) is 79.1 cm³/mol. The summed E-state index contributed by atoms with van der Waals surface area (Å²) in [4.78, 5) is 4.36. The Morgan fingerprint density at radius 3 is 3.00 bits per heavy atom. The molecular weight excluding hydrogens is 280 g/mol. The maximum absolute atomic E-state index is 8.77. The van der Waals surface area contributed by atoms with Gasteiger partial charge in [-0.1, -0.05) is 17.3 Å². The van der Waals surface area contributed by atoms with Gasteiger partial charge in [-0.2, -0.15) is 5.26 Å². The van der Waals surface area contributed by atoms with Gasteiger partial charge in [-0.25, -0.2) is 14.2 Å². The SMILES string of the molecule is N#CCc1cnc2c(-n3nnc4ccccc43)c(N)nn2c1. The Labute approximate surface area is 124 Å². The smallest absolute Gasteiger partial charge is 0.183 e. The van der Waals surface area contributed by atoms with E-state index in [2.05, 4.69) is 26.5 Å². The van der Waals surface area contributed by atoms with Gasteiger partial charge in [-0.3, -0.25) is 0 Å². The van der Waals surface area contributed by atoms with Crippen LogP contribution < -0.4 is 5.73 Å². The second-order valence-electron chi connectivity index (χ2n) is 4.79.